The van der Waals surface area contributed by atoms with Crippen LogP contribution in [0.2, 0.25) is 0 Å². The number of hydrogen-bond donors (Lipinski definition) is 0. The van der Waals surface area contributed by atoms with Gasteiger partial charge in [-0.3, -0.25) is 0 Å². The molecule has 8 rings (SSSR count). The number of aryl methyl sites for hydroxylation is 1. The zero-order valence-electron chi connectivity index (χ0n) is 31.6. The van der Waals surface area contributed by atoms with Gasteiger partial charge >= 0.3 is 321 Å². The summed E-state index contributed by atoms with van der Waals surface area (Å²) in [6, 6.07) is 52.6. The molecule has 0 radical (unpaired) electrons. The summed E-state index contributed by atoms with van der Waals surface area (Å²) in [5.41, 5.74) is 18.9. The van der Waals surface area contributed by atoms with Crippen LogP contribution in [0.4, 0.5) is 0 Å². The molecule has 1 unspecified atom stereocenters. The number of rotatable bonds is 11. The van der Waals surface area contributed by atoms with E-state index in [1.165, 1.54) is 68.5 Å². The summed E-state index contributed by atoms with van der Waals surface area (Å²) in [5.74, 6) is 0. The topological polar surface area (TPSA) is 0 Å². The number of halogens is 2. The Morgan fingerprint density at radius 2 is 1.17 bits per heavy atom. The van der Waals surface area contributed by atoms with Crippen LogP contribution in [0.3, 0.4) is 0 Å². The zero-order valence-corrected chi connectivity index (χ0v) is 35.6. The molecule has 6 aromatic rings. The first kappa shape index (κ1) is 39.8. The second-order valence-corrected chi connectivity index (χ2v) is 21.4. The number of fused-ring (bicyclic) bond motifs is 3. The summed E-state index contributed by atoms with van der Waals surface area (Å²) in [7, 11) is 0. The van der Waals surface area contributed by atoms with Gasteiger partial charge < -0.3 is 24.8 Å². The third kappa shape index (κ3) is 8.07. The molecule has 2 aliphatic rings. The fourth-order valence-electron chi connectivity index (χ4n) is 8.79. The van der Waals surface area contributed by atoms with Gasteiger partial charge in [-0.25, -0.2) is 0 Å². The van der Waals surface area contributed by atoms with E-state index in [-0.39, 0.29) is 24.8 Å². The van der Waals surface area contributed by atoms with Gasteiger partial charge in [0.05, 0.1) is 0 Å². The molecule has 6 aromatic carbocycles. The number of allylic oxidation sites excluding steroid dienone is 4. The van der Waals surface area contributed by atoms with Gasteiger partial charge in [0.25, 0.3) is 0 Å². The van der Waals surface area contributed by atoms with Crippen molar-refractivity contribution in [3.63, 3.8) is 0 Å². The molecule has 0 N–H and O–H groups in total. The molecule has 0 bridgehead atoms. The van der Waals surface area contributed by atoms with Gasteiger partial charge in [-0.1, -0.05) is 0 Å². The fraction of sp³-hybridized carbons (Fsp3) is 0.196. The number of benzene rings is 6. The van der Waals surface area contributed by atoms with Crippen molar-refractivity contribution in [3.05, 3.63) is 200 Å². The molecule has 0 amide bonds. The first-order valence-electron chi connectivity index (χ1n) is 19.2. The van der Waals surface area contributed by atoms with Gasteiger partial charge in [0, 0.05) is 0 Å². The minimum absolute atomic E-state index is 0. The van der Waals surface area contributed by atoms with Crippen molar-refractivity contribution in [2.45, 2.75) is 62.9 Å². The third-order valence-electron chi connectivity index (χ3n) is 11.3. The van der Waals surface area contributed by atoms with Crippen LogP contribution >= 0.6 is 0 Å². The smallest absolute Gasteiger partial charge is 1.00 e. The molecule has 1 atom stereocenters. The summed E-state index contributed by atoms with van der Waals surface area (Å²) in [6.45, 7) is 7.12. The molecule has 0 spiro atoms. The first-order valence-corrected chi connectivity index (χ1v) is 23.1. The number of hydrogen-bond acceptors (Lipinski definition) is 0. The van der Waals surface area contributed by atoms with Crippen molar-refractivity contribution in [1.29, 1.82) is 0 Å². The van der Waals surface area contributed by atoms with Crippen LogP contribution < -0.4 is 24.8 Å². The maximum absolute atomic E-state index is 2.71. The van der Waals surface area contributed by atoms with Crippen molar-refractivity contribution >= 4 is 3.21 Å². The summed E-state index contributed by atoms with van der Waals surface area (Å²) in [4.78, 5) is 0. The van der Waals surface area contributed by atoms with Gasteiger partial charge in [0.15, 0.2) is 0 Å². The molecule has 2 aliphatic carbocycles. The van der Waals surface area contributed by atoms with E-state index in [4.69, 9.17) is 0 Å². The van der Waals surface area contributed by atoms with Gasteiger partial charge in [0.1, 0.15) is 0 Å². The maximum Gasteiger partial charge on any atom is -1.00 e. The molecule has 0 fully saturated rings. The largest absolute Gasteiger partial charge is 1.00 e. The van der Waals surface area contributed by atoms with Crippen molar-refractivity contribution < 1.29 is 46.1 Å². The summed E-state index contributed by atoms with van der Waals surface area (Å²) < 4.78 is 3.97. The zero-order chi connectivity index (χ0) is 35.4. The van der Waals surface area contributed by atoms with Gasteiger partial charge in [-0.05, 0) is 0 Å². The quantitative estimate of drug-likeness (QED) is 0.130. The molecule has 0 saturated heterocycles. The van der Waals surface area contributed by atoms with Crippen molar-refractivity contribution in [3.8, 4) is 33.4 Å². The Kier molecular flexibility index (Phi) is 13.4. The summed E-state index contributed by atoms with van der Waals surface area (Å²) >= 11 is -2.71. The minimum Gasteiger partial charge on any atom is -1.00 e. The Bertz CT molecular complexity index is 2260. The minimum atomic E-state index is -2.71. The van der Waals surface area contributed by atoms with Gasteiger partial charge in [0.2, 0.25) is 0 Å². The average molecular weight is 823 g/mol. The van der Waals surface area contributed by atoms with Crippen LogP contribution in [0.1, 0.15) is 68.8 Å². The molecule has 0 nitrogen and oxygen atoms in total. The van der Waals surface area contributed by atoms with Crippen LogP contribution in [-0.2, 0) is 40.5 Å². The van der Waals surface area contributed by atoms with Crippen molar-refractivity contribution in [2.24, 2.45) is 0 Å². The molecule has 270 valence electrons. The second-order valence-electron chi connectivity index (χ2n) is 14.7. The normalized spacial score (nSPS) is 13.5. The standard InChI is InChI=1S/C31H29.C15H14.C5H5.2ClH.Zr/c1-4-5-16-26-22(3)28(24-14-10-7-11-15-24)20-31-29-19-27(23-12-8-6-9-13-23)21(2)17-25(29)18-30(26)31;1-3-8-14(9-4-1)12-7-13-15-10-5-2-6-11-15;1-2-4-5-3-1;;;/h6-15,17-20H,4-5,16H2,1-3H3;1-6,8-11H,12-13H2;1-3H,4H2;2*1H;/q;;;;;+2/p-2. The fourth-order valence-corrected chi connectivity index (χ4v) is 18.1. The second kappa shape index (κ2) is 18.2. The molecule has 0 aliphatic heterocycles. The van der Waals surface area contributed by atoms with E-state index in [1.54, 1.807) is 23.2 Å². The third-order valence-corrected chi connectivity index (χ3v) is 19.6. The Morgan fingerprint density at radius 1 is 0.630 bits per heavy atom. The van der Waals surface area contributed by atoms with E-state index in [0.717, 1.165) is 25.7 Å². The number of unbranched alkanes of at least 4 members (excludes halogenated alkanes) is 1. The first-order chi connectivity index (χ1) is 25.6. The predicted molar refractivity (Wildman–Crippen MR) is 220 cm³/mol. The average Bonchev–Trinajstić information content (AvgIpc) is 3.82. The van der Waals surface area contributed by atoms with E-state index in [1.807, 2.05) is 0 Å². The molecule has 3 heteroatoms. The van der Waals surface area contributed by atoms with Gasteiger partial charge in [-0.15, -0.1) is 0 Å². The molecule has 54 heavy (non-hydrogen) atoms. The molecule has 0 aromatic heterocycles. The Morgan fingerprint density at radius 3 is 1.70 bits per heavy atom. The molecule has 0 saturated carbocycles. The Labute approximate surface area is 343 Å². The van der Waals surface area contributed by atoms with Crippen molar-refractivity contribution in [1.82, 2.24) is 0 Å². The van der Waals surface area contributed by atoms with Crippen LogP contribution in [-0.4, -0.2) is 3.21 Å². The summed E-state index contributed by atoms with van der Waals surface area (Å²) in [6.07, 6.45) is 14.0. The maximum atomic E-state index is 2.62. The predicted octanol–water partition coefficient (Wildman–Crippen LogP) is 7.18. The van der Waals surface area contributed by atoms with E-state index in [9.17, 15) is 0 Å². The van der Waals surface area contributed by atoms with Crippen molar-refractivity contribution in [2.75, 3.05) is 0 Å². The van der Waals surface area contributed by atoms with Crippen LogP contribution in [0.5, 0.6) is 0 Å². The molecular weight excluding hydrogens is 775 g/mol. The van der Waals surface area contributed by atoms with E-state index in [2.05, 4.69) is 179 Å². The van der Waals surface area contributed by atoms with Crippen LogP contribution in [0.25, 0.3) is 33.4 Å². The monoisotopic (exact) mass is 820 g/mol. The van der Waals surface area contributed by atoms with E-state index >= 15 is 0 Å². The summed E-state index contributed by atoms with van der Waals surface area (Å²) in [5, 5.41) is 0. The molecule has 0 heterocycles. The Balaban J connectivity index is 0.00000249. The van der Waals surface area contributed by atoms with Crippen LogP contribution in [0, 0.1) is 13.8 Å². The Hall–Kier alpha value is -3.87. The van der Waals surface area contributed by atoms with E-state index in [0.29, 0.717) is 3.63 Å². The SMILES string of the molecule is CCCCc1c(C)c(-c2ccccc2)cc2c1[CH]([Zr+2]([C]1=CC=CC1)=[C](Cc1ccccc1)Cc1ccccc1)c1cc(C)c(-c3ccccc3)cc1-2.[Cl-].[Cl-]. The van der Waals surface area contributed by atoms with Gasteiger partial charge in [-0.2, -0.15) is 0 Å². The molecular formula is C51H48Cl2Zr. The van der Waals surface area contributed by atoms with Crippen LogP contribution in [0.15, 0.2) is 161 Å². The van der Waals surface area contributed by atoms with E-state index < -0.39 is 21.3 Å².